The van der Waals surface area contributed by atoms with Crippen molar-refractivity contribution in [2.45, 2.75) is 103 Å². The van der Waals surface area contributed by atoms with Gasteiger partial charge in [0.05, 0.1) is 69.6 Å². The van der Waals surface area contributed by atoms with Gasteiger partial charge in [0.2, 0.25) is 17.7 Å². The predicted molar refractivity (Wildman–Crippen MR) is 295 cm³/mol. The quantitative estimate of drug-likeness (QED) is 0.0521. The van der Waals surface area contributed by atoms with Gasteiger partial charge in [0.15, 0.2) is 5.82 Å². The van der Waals surface area contributed by atoms with Crippen molar-refractivity contribution in [2.24, 2.45) is 10.9 Å². The van der Waals surface area contributed by atoms with E-state index in [-0.39, 0.29) is 42.1 Å². The first-order valence-corrected chi connectivity index (χ1v) is 28.3. The Hall–Kier alpha value is -5.60. The summed E-state index contributed by atoms with van der Waals surface area (Å²) in [7, 11) is 1.76. The standard InChI is InChI=1S/C56H68ClN9O7S2/c1-34-36(3)75-56-49(34)50(39-17-19-40(57)20-18-39)60-44(52-64-63-37(4)66(52)56)32-48(67)59-23-25-70-26-27-71-28-29-72-30-31-73-47-22-21-42(41-14-9-10-15-43(41)47)45-33-74-54(61-45)46-16-11-24-65(46)55(69)51(38-12-7-6-8-13-38)62-53(68)35(2)58-5/h9-10,14-15,17-22,33,35,38,44,46,51,58H,6-8,11-13,16,23-32H2,1-5H3,(H,59,67)(H,62,68)/t35-,44-,46-,51-/m0/s1. The molecule has 3 aromatic carbocycles. The van der Waals surface area contributed by atoms with Crippen LogP contribution in [0.2, 0.25) is 5.02 Å². The molecule has 5 heterocycles. The van der Waals surface area contributed by atoms with Crippen molar-refractivity contribution in [3.8, 4) is 22.0 Å². The number of thiophene rings is 1. The second kappa shape index (κ2) is 25.5. The maximum Gasteiger partial charge on any atom is 0.246 e. The monoisotopic (exact) mass is 1080 g/mol. The van der Waals surface area contributed by atoms with Gasteiger partial charge in [-0.25, -0.2) is 4.98 Å². The third-order valence-corrected chi connectivity index (χ3v) is 16.9. The van der Waals surface area contributed by atoms with Crippen LogP contribution < -0.4 is 20.7 Å². The lowest BCUT2D eigenvalue weighted by atomic mass is 9.83. The first-order chi connectivity index (χ1) is 36.5. The van der Waals surface area contributed by atoms with Crippen molar-refractivity contribution in [1.29, 1.82) is 0 Å². The molecular formula is C56H68ClN9O7S2. The third kappa shape index (κ3) is 12.7. The summed E-state index contributed by atoms with van der Waals surface area (Å²) in [4.78, 5) is 54.3. The number of aromatic nitrogens is 4. The minimum absolute atomic E-state index is 0.0116. The molecule has 6 aromatic rings. The molecule has 3 aromatic heterocycles. The summed E-state index contributed by atoms with van der Waals surface area (Å²) >= 11 is 9.52. The van der Waals surface area contributed by atoms with Crippen LogP contribution in [0.15, 0.2) is 71.0 Å². The molecule has 16 nitrogen and oxygen atoms in total. The van der Waals surface area contributed by atoms with Gasteiger partial charge in [0, 0.05) is 50.4 Å². The number of ether oxygens (including phenoxy) is 4. The summed E-state index contributed by atoms with van der Waals surface area (Å²) in [5.74, 6) is 1.98. The molecule has 398 valence electrons. The fraction of sp³-hybridized carbons (Fsp3) is 0.482. The van der Waals surface area contributed by atoms with E-state index in [1.807, 2.05) is 65.8 Å². The van der Waals surface area contributed by atoms with E-state index in [1.165, 1.54) is 11.3 Å². The highest BCUT2D eigenvalue weighted by atomic mass is 35.5. The third-order valence-electron chi connectivity index (χ3n) is 14.5. The van der Waals surface area contributed by atoms with Crippen LogP contribution in [0.25, 0.3) is 27.0 Å². The van der Waals surface area contributed by atoms with Crippen molar-refractivity contribution < 1.29 is 33.3 Å². The number of amides is 3. The number of aryl methyl sites for hydroxylation is 2. The molecule has 1 aliphatic carbocycles. The summed E-state index contributed by atoms with van der Waals surface area (Å²) in [6, 6.07) is 18.2. The zero-order chi connectivity index (χ0) is 52.4. The predicted octanol–water partition coefficient (Wildman–Crippen LogP) is 9.05. The Morgan fingerprint density at radius 3 is 2.31 bits per heavy atom. The molecule has 2 fully saturated rings. The van der Waals surface area contributed by atoms with Gasteiger partial charge in [-0.2, -0.15) is 0 Å². The topological polar surface area (TPSA) is 183 Å². The zero-order valence-corrected chi connectivity index (χ0v) is 45.9. The van der Waals surface area contributed by atoms with E-state index < -0.39 is 12.1 Å². The summed E-state index contributed by atoms with van der Waals surface area (Å²) in [5, 5.41) is 24.7. The highest BCUT2D eigenvalue weighted by Crippen LogP contribution is 2.42. The summed E-state index contributed by atoms with van der Waals surface area (Å²) in [6.45, 7) is 11.6. The second-order valence-electron chi connectivity index (χ2n) is 19.5. The Kier molecular flexibility index (Phi) is 18.4. The first kappa shape index (κ1) is 54.2. The lowest BCUT2D eigenvalue weighted by Crippen LogP contribution is -2.55. The smallest absolute Gasteiger partial charge is 0.246 e. The molecular weight excluding hydrogens is 1010 g/mol. The number of nitrogens with one attached hydrogen (secondary N) is 3. The molecule has 1 saturated heterocycles. The Bertz CT molecular complexity index is 2970. The van der Waals surface area contributed by atoms with Crippen molar-refractivity contribution >= 4 is 68.5 Å². The maximum absolute atomic E-state index is 14.4. The molecule has 3 amide bonds. The molecule has 0 radical (unpaired) electrons. The zero-order valence-electron chi connectivity index (χ0n) is 43.5. The molecule has 9 rings (SSSR count). The number of thiazole rings is 1. The number of carbonyl (C=O) groups is 3. The molecule has 19 heteroatoms. The summed E-state index contributed by atoms with van der Waals surface area (Å²) in [6.07, 6.45) is 7.06. The molecule has 4 atom stereocenters. The van der Waals surface area contributed by atoms with E-state index in [0.29, 0.717) is 70.2 Å². The molecule has 75 heavy (non-hydrogen) atoms. The Morgan fingerprint density at radius 1 is 0.840 bits per heavy atom. The Balaban J connectivity index is 0.693. The van der Waals surface area contributed by atoms with E-state index >= 15 is 0 Å². The molecule has 2 aliphatic heterocycles. The van der Waals surface area contributed by atoms with Gasteiger partial charge in [-0.05, 0) is 102 Å². The van der Waals surface area contributed by atoms with Gasteiger partial charge in [0.1, 0.15) is 40.3 Å². The summed E-state index contributed by atoms with van der Waals surface area (Å²) in [5.41, 5.74) is 5.75. The van der Waals surface area contributed by atoms with Crippen LogP contribution >= 0.6 is 34.3 Å². The molecule has 1 saturated carbocycles. The molecule has 0 unspecified atom stereocenters. The van der Waals surface area contributed by atoms with Crippen molar-refractivity contribution in [3.05, 3.63) is 109 Å². The second-order valence-corrected chi connectivity index (χ2v) is 22.0. The average molecular weight is 1080 g/mol. The number of likely N-dealkylation sites (tertiary alicyclic amines) is 1. The number of halogens is 1. The highest BCUT2D eigenvalue weighted by molar-refractivity contribution is 7.15. The highest BCUT2D eigenvalue weighted by Gasteiger charge is 2.40. The number of carbonyl (C=O) groups excluding carboxylic acids is 3. The van der Waals surface area contributed by atoms with Crippen molar-refractivity contribution in [1.82, 2.24) is 40.6 Å². The largest absolute Gasteiger partial charge is 0.491 e. The van der Waals surface area contributed by atoms with Crippen LogP contribution in [0.1, 0.15) is 109 Å². The van der Waals surface area contributed by atoms with E-state index in [1.54, 1.807) is 29.7 Å². The fourth-order valence-electron chi connectivity index (χ4n) is 10.3. The number of aliphatic imine (C=N–C) groups is 1. The van der Waals surface area contributed by atoms with Gasteiger partial charge in [-0.15, -0.1) is 32.9 Å². The number of benzene rings is 3. The maximum atomic E-state index is 14.4. The van der Waals surface area contributed by atoms with Gasteiger partial charge in [-0.1, -0.05) is 67.3 Å². The number of hydrogen-bond donors (Lipinski definition) is 3. The lowest BCUT2D eigenvalue weighted by Gasteiger charge is -2.35. The van der Waals surface area contributed by atoms with Gasteiger partial charge in [-0.3, -0.25) is 23.9 Å². The van der Waals surface area contributed by atoms with Crippen LogP contribution in [0.4, 0.5) is 0 Å². The van der Waals surface area contributed by atoms with Crippen LogP contribution in [-0.4, -0.2) is 127 Å². The van der Waals surface area contributed by atoms with Gasteiger partial charge < -0.3 is 39.8 Å². The van der Waals surface area contributed by atoms with Crippen LogP contribution in [0.5, 0.6) is 5.75 Å². The fourth-order valence-corrected chi connectivity index (χ4v) is 12.6. The summed E-state index contributed by atoms with van der Waals surface area (Å²) < 4.78 is 25.6. The SMILES string of the molecule is CN[C@@H](C)C(=O)N[C@H](C(=O)N1CCC[C@H]1c1nc(-c2ccc(OCCOCCOCCOCCNC(=O)C[C@@H]3N=C(c4ccc(Cl)cc4)c4c(sc(C)c4C)-n4c(C)nnc43)c3ccccc23)cs1)C1CCCCC1. The lowest BCUT2D eigenvalue weighted by molar-refractivity contribution is -0.139. The van der Waals surface area contributed by atoms with Crippen LogP contribution in [0.3, 0.4) is 0 Å². The van der Waals surface area contributed by atoms with Crippen LogP contribution in [-0.2, 0) is 28.6 Å². The number of hydrogen-bond acceptors (Lipinski definition) is 14. The number of nitrogens with zero attached hydrogens (tertiary/aromatic N) is 6. The molecule has 0 spiro atoms. The average Bonchev–Trinajstić information content (AvgIpc) is 4.24. The normalized spacial score (nSPS) is 17.5. The van der Waals surface area contributed by atoms with E-state index in [2.05, 4.69) is 63.6 Å². The van der Waals surface area contributed by atoms with Crippen LogP contribution in [0, 0.1) is 26.7 Å². The van der Waals surface area contributed by atoms with Gasteiger partial charge >= 0.3 is 0 Å². The minimum atomic E-state index is -0.549. The number of rotatable bonds is 23. The van der Waals surface area contributed by atoms with E-state index in [9.17, 15) is 14.4 Å². The number of fused-ring (bicyclic) bond motifs is 4. The van der Waals surface area contributed by atoms with Crippen molar-refractivity contribution in [3.63, 3.8) is 0 Å². The molecule has 3 aliphatic rings. The molecule has 3 N–H and O–H groups in total. The Labute approximate surface area is 452 Å². The van der Waals surface area contributed by atoms with Crippen molar-refractivity contribution in [2.75, 3.05) is 66.4 Å². The van der Waals surface area contributed by atoms with Gasteiger partial charge in [0.25, 0.3) is 0 Å². The van der Waals surface area contributed by atoms with E-state index in [0.717, 1.165) is 105 Å². The molecule has 0 bridgehead atoms. The van der Waals surface area contributed by atoms with E-state index in [4.69, 9.17) is 40.5 Å². The minimum Gasteiger partial charge on any atom is -0.491 e. The Morgan fingerprint density at radius 2 is 1.56 bits per heavy atom. The number of likely N-dealkylation sites (N-methyl/N-ethyl adjacent to an activating group) is 1. The first-order valence-electron chi connectivity index (χ1n) is 26.3.